The number of allylic oxidation sites excluding steroid dienone is 1. The molecule has 0 N–H and O–H groups in total. The zero-order chi connectivity index (χ0) is 28.0. The van der Waals surface area contributed by atoms with Gasteiger partial charge in [-0.05, 0) is 46.5 Å². The molecule has 2 heterocycles. The molecule has 9 rings (SSSR count). The lowest BCUT2D eigenvalue weighted by atomic mass is 9.76. The van der Waals surface area contributed by atoms with Crippen LogP contribution >= 0.6 is 0 Å². The first kappa shape index (κ1) is 22.7. The third-order valence-corrected chi connectivity index (χ3v) is 8.70. The minimum absolute atomic E-state index is 0.389. The molecule has 1 aromatic heterocycles. The van der Waals surface area contributed by atoms with E-state index in [9.17, 15) is 5.26 Å². The van der Waals surface area contributed by atoms with Crippen LogP contribution in [0.5, 0.6) is 5.75 Å². The zero-order valence-electron chi connectivity index (χ0n) is 22.1. The van der Waals surface area contributed by atoms with Crippen molar-refractivity contribution in [1.82, 2.24) is 0 Å². The normalized spacial score (nSPS) is 14.9. The van der Waals surface area contributed by atoms with Crippen molar-refractivity contribution in [3.8, 4) is 22.9 Å². The van der Waals surface area contributed by atoms with E-state index in [-0.39, 0.29) is 0 Å². The van der Waals surface area contributed by atoms with Crippen molar-refractivity contribution < 1.29 is 9.15 Å². The lowest BCUT2D eigenvalue weighted by Gasteiger charge is -2.37. The Morgan fingerprint density at radius 3 is 2.21 bits per heavy atom. The number of nitrogens with zero attached hydrogens (tertiary/aromatic N) is 3. The summed E-state index contributed by atoms with van der Waals surface area (Å²) in [5, 5.41) is 11.3. The van der Waals surface area contributed by atoms with E-state index in [1.807, 2.05) is 42.5 Å². The van der Waals surface area contributed by atoms with E-state index in [0.29, 0.717) is 28.4 Å². The van der Waals surface area contributed by atoms with Crippen LogP contribution < -0.4 is 9.64 Å². The molecule has 42 heavy (non-hydrogen) atoms. The Bertz CT molecular complexity index is 2200. The van der Waals surface area contributed by atoms with Gasteiger partial charge in [0.25, 0.3) is 0 Å². The van der Waals surface area contributed by atoms with Crippen molar-refractivity contribution in [3.63, 3.8) is 0 Å². The van der Waals surface area contributed by atoms with Crippen LogP contribution in [0.25, 0.3) is 32.6 Å². The Morgan fingerprint density at radius 1 is 0.762 bits per heavy atom. The summed E-state index contributed by atoms with van der Waals surface area (Å²) in [6.45, 7) is 8.07. The number of ether oxygens (including phenoxy) is 1. The Hall–Kier alpha value is -6.04. The molecule has 0 amide bonds. The second-order valence-corrected chi connectivity index (χ2v) is 10.6. The zero-order valence-corrected chi connectivity index (χ0v) is 22.1. The predicted octanol–water partition coefficient (Wildman–Crippen LogP) is 9.08. The van der Waals surface area contributed by atoms with E-state index in [0.717, 1.165) is 55.9 Å². The summed E-state index contributed by atoms with van der Waals surface area (Å²) in [5.41, 5.74) is 8.10. The van der Waals surface area contributed by atoms with E-state index in [2.05, 4.69) is 70.4 Å². The number of hydrogen-bond acceptors (Lipinski definition) is 4. The lowest BCUT2D eigenvalue weighted by Crippen LogP contribution is -2.33. The fourth-order valence-electron chi connectivity index (χ4n) is 7.14. The maximum atomic E-state index is 10.3. The highest BCUT2D eigenvalue weighted by Crippen LogP contribution is 2.67. The first-order chi connectivity index (χ1) is 20.8. The van der Waals surface area contributed by atoms with Gasteiger partial charge in [0.15, 0.2) is 11.5 Å². The van der Waals surface area contributed by atoms with Gasteiger partial charge in [-0.2, -0.15) is 5.26 Å². The van der Waals surface area contributed by atoms with Crippen LogP contribution in [0, 0.1) is 17.9 Å². The molecule has 0 saturated heterocycles. The van der Waals surface area contributed by atoms with Crippen molar-refractivity contribution in [2.75, 3.05) is 4.90 Å². The molecular formula is C37H19N3O2. The number of fused-ring (bicyclic) bond motifs is 12. The molecule has 6 aromatic rings. The quantitative estimate of drug-likeness (QED) is 0.196. The number of anilines is 2. The molecule has 5 aromatic carbocycles. The van der Waals surface area contributed by atoms with Crippen molar-refractivity contribution in [2.45, 2.75) is 5.41 Å². The number of para-hydroxylation sites is 4. The highest BCUT2D eigenvalue weighted by atomic mass is 16.5. The van der Waals surface area contributed by atoms with Crippen molar-refractivity contribution in [1.29, 1.82) is 5.26 Å². The van der Waals surface area contributed by atoms with Gasteiger partial charge in [-0.1, -0.05) is 91.0 Å². The van der Waals surface area contributed by atoms with Gasteiger partial charge >= 0.3 is 0 Å². The molecule has 5 heteroatoms. The van der Waals surface area contributed by atoms with Gasteiger partial charge in [0.05, 0.1) is 40.8 Å². The van der Waals surface area contributed by atoms with Gasteiger partial charge in [-0.25, -0.2) is 4.85 Å². The molecule has 0 atom stereocenters. The van der Waals surface area contributed by atoms with E-state index in [1.54, 1.807) is 18.2 Å². The van der Waals surface area contributed by atoms with Gasteiger partial charge in [-0.3, -0.25) is 0 Å². The standard InChI is InChI=1S/C37H19N3O2/c1-39-28-17-10-11-22(21-38)33(28)40-29-18-7-9-20-31(29)42-36-34(40)32-25-14-4-8-19-30(25)41-35(32)37(36)26-15-5-2-12-23(26)24-13-3-6-16-27(24)37/h2-20H. The van der Waals surface area contributed by atoms with Gasteiger partial charge < -0.3 is 14.1 Å². The minimum Gasteiger partial charge on any atom is -0.459 e. The Labute approximate surface area is 241 Å². The van der Waals surface area contributed by atoms with E-state index >= 15 is 0 Å². The van der Waals surface area contributed by atoms with Crippen LogP contribution in [0.3, 0.4) is 0 Å². The van der Waals surface area contributed by atoms with E-state index < -0.39 is 5.41 Å². The number of hydrogen-bond donors (Lipinski definition) is 0. The predicted molar refractivity (Wildman–Crippen MR) is 162 cm³/mol. The Morgan fingerprint density at radius 2 is 1.45 bits per heavy atom. The first-order valence-electron chi connectivity index (χ1n) is 13.7. The van der Waals surface area contributed by atoms with Crippen LogP contribution in [0.1, 0.15) is 28.0 Å². The molecule has 0 saturated carbocycles. The molecule has 0 fully saturated rings. The lowest BCUT2D eigenvalue weighted by molar-refractivity contribution is 0.346. The number of benzene rings is 5. The average molecular weight is 538 g/mol. The largest absolute Gasteiger partial charge is 0.459 e. The fraction of sp³-hybridized carbons (Fsp3) is 0.0270. The smallest absolute Gasteiger partial charge is 0.211 e. The highest BCUT2D eigenvalue weighted by molar-refractivity contribution is 6.09. The van der Waals surface area contributed by atoms with Crippen LogP contribution in [0.15, 0.2) is 125 Å². The minimum atomic E-state index is -0.873. The highest BCUT2D eigenvalue weighted by Gasteiger charge is 2.60. The summed E-state index contributed by atoms with van der Waals surface area (Å²) >= 11 is 0. The topological polar surface area (TPSA) is 53.8 Å². The number of furan rings is 1. The molecule has 0 unspecified atom stereocenters. The Balaban J connectivity index is 1.51. The van der Waals surface area contributed by atoms with Gasteiger partial charge in [0.1, 0.15) is 16.8 Å². The van der Waals surface area contributed by atoms with Crippen LogP contribution in [0.4, 0.5) is 17.1 Å². The number of rotatable bonds is 1. The average Bonchev–Trinajstić information content (AvgIpc) is 3.67. The first-order valence-corrected chi connectivity index (χ1v) is 13.7. The third-order valence-electron chi connectivity index (χ3n) is 8.70. The summed E-state index contributed by atoms with van der Waals surface area (Å²) < 4.78 is 13.9. The van der Waals surface area contributed by atoms with Crippen molar-refractivity contribution >= 4 is 33.7 Å². The monoisotopic (exact) mass is 537 g/mol. The third kappa shape index (κ3) is 2.56. The van der Waals surface area contributed by atoms with Gasteiger partial charge in [-0.15, -0.1) is 0 Å². The van der Waals surface area contributed by atoms with Gasteiger partial charge in [0, 0.05) is 5.39 Å². The maximum Gasteiger partial charge on any atom is 0.211 e. The molecule has 1 aliphatic heterocycles. The van der Waals surface area contributed by atoms with Crippen molar-refractivity contribution in [3.05, 3.63) is 160 Å². The SMILES string of the molecule is [C-]#[N+]c1cccc(C#N)c1N1C2=C(Oc3ccccc31)C1(c3ccccc3-c3ccccc31)c1oc3ccccc3c12. The second kappa shape index (κ2) is 8.01. The molecule has 194 valence electrons. The van der Waals surface area contributed by atoms with Crippen LogP contribution in [-0.4, -0.2) is 0 Å². The fourth-order valence-corrected chi connectivity index (χ4v) is 7.14. The summed E-state index contributed by atoms with van der Waals surface area (Å²) in [6, 6.07) is 40.4. The van der Waals surface area contributed by atoms with E-state index in [4.69, 9.17) is 15.7 Å². The summed E-state index contributed by atoms with van der Waals surface area (Å²) in [5.74, 6) is 2.14. The van der Waals surface area contributed by atoms with Crippen LogP contribution in [-0.2, 0) is 5.41 Å². The summed E-state index contributed by atoms with van der Waals surface area (Å²) in [7, 11) is 0. The molecule has 0 radical (unpaired) electrons. The molecule has 1 spiro atoms. The molecule has 5 nitrogen and oxygen atoms in total. The van der Waals surface area contributed by atoms with E-state index in [1.165, 1.54) is 0 Å². The number of nitriles is 1. The summed E-state index contributed by atoms with van der Waals surface area (Å²) in [4.78, 5) is 5.93. The summed E-state index contributed by atoms with van der Waals surface area (Å²) in [6.07, 6.45) is 0. The molecule has 2 aliphatic carbocycles. The van der Waals surface area contributed by atoms with Gasteiger partial charge in [0.2, 0.25) is 5.69 Å². The molecule has 0 bridgehead atoms. The Kier molecular flexibility index (Phi) is 4.34. The van der Waals surface area contributed by atoms with Crippen LogP contribution in [0.2, 0.25) is 0 Å². The van der Waals surface area contributed by atoms with Crippen molar-refractivity contribution in [2.24, 2.45) is 0 Å². The molecule has 3 aliphatic rings. The molecular weight excluding hydrogens is 518 g/mol. The second-order valence-electron chi connectivity index (χ2n) is 10.6. The maximum absolute atomic E-state index is 10.3.